The zero-order chi connectivity index (χ0) is 8.43. The number of hydrogen-bond donors (Lipinski definition) is 1. The molecule has 3 heteroatoms. The van der Waals surface area contributed by atoms with Crippen LogP contribution in [0.3, 0.4) is 0 Å². The molecule has 0 aliphatic carbocycles. The van der Waals surface area contributed by atoms with E-state index in [4.69, 9.17) is 0 Å². The Kier molecular flexibility index (Phi) is 1.98. The van der Waals surface area contributed by atoms with E-state index in [1.807, 2.05) is 13.8 Å². The first kappa shape index (κ1) is 7.85. The van der Waals surface area contributed by atoms with Crippen LogP contribution in [0.15, 0.2) is 23.0 Å². The summed E-state index contributed by atoms with van der Waals surface area (Å²) in [6.45, 7) is 3.70. The number of rotatable bonds is 1. The monoisotopic (exact) mass is 153 g/mol. The Hall–Kier alpha value is -1.25. The Bertz CT molecular complexity index is 301. The molecule has 0 amide bonds. The Morgan fingerprint density at radius 2 is 2.09 bits per heavy atom. The molecule has 0 bridgehead atoms. The van der Waals surface area contributed by atoms with E-state index < -0.39 is 0 Å². The van der Waals surface area contributed by atoms with Crippen LogP contribution < -0.4 is 5.56 Å². The average Bonchev–Trinajstić information content (AvgIpc) is 1.85. The molecule has 0 spiro atoms. The van der Waals surface area contributed by atoms with Gasteiger partial charge in [-0.05, 0) is 19.9 Å². The summed E-state index contributed by atoms with van der Waals surface area (Å²) < 4.78 is 1.33. The van der Waals surface area contributed by atoms with Gasteiger partial charge in [0.25, 0.3) is 5.56 Å². The van der Waals surface area contributed by atoms with Gasteiger partial charge in [0, 0.05) is 12.1 Å². The van der Waals surface area contributed by atoms with Crippen LogP contribution in [0.1, 0.15) is 19.9 Å². The van der Waals surface area contributed by atoms with Crippen LogP contribution in [0.5, 0.6) is 5.88 Å². The fourth-order valence-electron chi connectivity index (χ4n) is 1.01. The van der Waals surface area contributed by atoms with Crippen LogP contribution in [0.4, 0.5) is 0 Å². The van der Waals surface area contributed by atoms with Gasteiger partial charge < -0.3 is 5.11 Å². The number of aromatic hydroxyl groups is 1. The molecule has 1 aromatic heterocycles. The molecule has 1 aromatic rings. The van der Waals surface area contributed by atoms with E-state index in [0.717, 1.165) is 0 Å². The molecule has 0 saturated carbocycles. The zero-order valence-corrected chi connectivity index (χ0v) is 6.61. The summed E-state index contributed by atoms with van der Waals surface area (Å²) >= 11 is 0. The first-order valence-corrected chi connectivity index (χ1v) is 3.53. The van der Waals surface area contributed by atoms with E-state index in [9.17, 15) is 9.90 Å². The third kappa shape index (κ3) is 1.42. The van der Waals surface area contributed by atoms with Crippen molar-refractivity contribution in [2.75, 3.05) is 0 Å². The summed E-state index contributed by atoms with van der Waals surface area (Å²) in [5.41, 5.74) is -0.167. The van der Waals surface area contributed by atoms with Crippen molar-refractivity contribution in [3.63, 3.8) is 0 Å². The minimum atomic E-state index is -0.167. The molecule has 0 aromatic carbocycles. The van der Waals surface area contributed by atoms with Crippen molar-refractivity contribution >= 4 is 0 Å². The number of hydrogen-bond acceptors (Lipinski definition) is 2. The van der Waals surface area contributed by atoms with Crippen LogP contribution in [0.25, 0.3) is 0 Å². The van der Waals surface area contributed by atoms with E-state index >= 15 is 0 Å². The van der Waals surface area contributed by atoms with Gasteiger partial charge in [0.15, 0.2) is 5.88 Å². The third-order valence-corrected chi connectivity index (χ3v) is 1.48. The second-order valence-corrected chi connectivity index (χ2v) is 2.69. The van der Waals surface area contributed by atoms with Gasteiger partial charge in [0.1, 0.15) is 0 Å². The Balaban J connectivity index is 3.33. The minimum absolute atomic E-state index is 0.00343. The number of nitrogens with zero attached hydrogens (tertiary/aromatic N) is 1. The quantitative estimate of drug-likeness (QED) is 0.657. The molecule has 0 atom stereocenters. The van der Waals surface area contributed by atoms with Gasteiger partial charge in [0.2, 0.25) is 0 Å². The van der Waals surface area contributed by atoms with Gasteiger partial charge in [-0.2, -0.15) is 0 Å². The van der Waals surface area contributed by atoms with E-state index in [-0.39, 0.29) is 17.5 Å². The van der Waals surface area contributed by atoms with E-state index in [1.54, 1.807) is 0 Å². The summed E-state index contributed by atoms with van der Waals surface area (Å²) in [5.74, 6) is 0.0208. The van der Waals surface area contributed by atoms with Crippen molar-refractivity contribution in [3.8, 4) is 5.88 Å². The molecule has 60 valence electrons. The standard InChI is InChI=1S/C8H11NO2/c1-6(2)9-7(10)4-3-5-8(9)11/h3-6,10H,1-2H3. The molecular weight excluding hydrogens is 142 g/mol. The summed E-state index contributed by atoms with van der Waals surface area (Å²) in [4.78, 5) is 11.1. The van der Waals surface area contributed by atoms with Crippen molar-refractivity contribution in [2.24, 2.45) is 0 Å². The Labute approximate surface area is 64.9 Å². The van der Waals surface area contributed by atoms with Crippen LogP contribution in [0, 0.1) is 0 Å². The van der Waals surface area contributed by atoms with E-state index in [1.165, 1.54) is 22.8 Å². The first-order valence-electron chi connectivity index (χ1n) is 3.53. The smallest absolute Gasteiger partial charge is 0.253 e. The maximum atomic E-state index is 11.1. The Morgan fingerprint density at radius 1 is 1.45 bits per heavy atom. The van der Waals surface area contributed by atoms with Crippen LogP contribution in [0.2, 0.25) is 0 Å². The van der Waals surface area contributed by atoms with Crippen molar-refractivity contribution in [2.45, 2.75) is 19.9 Å². The van der Waals surface area contributed by atoms with E-state index in [0.29, 0.717) is 0 Å². The van der Waals surface area contributed by atoms with Gasteiger partial charge in [-0.25, -0.2) is 0 Å². The largest absolute Gasteiger partial charge is 0.494 e. The number of aromatic nitrogens is 1. The normalized spacial score (nSPS) is 10.5. The molecule has 3 nitrogen and oxygen atoms in total. The van der Waals surface area contributed by atoms with Gasteiger partial charge in [-0.3, -0.25) is 9.36 Å². The molecule has 0 saturated heterocycles. The summed E-state index contributed by atoms with van der Waals surface area (Å²) in [5, 5.41) is 9.22. The topological polar surface area (TPSA) is 42.2 Å². The predicted octanol–water partition coefficient (Wildman–Crippen LogP) is 1.13. The molecule has 1 heterocycles. The lowest BCUT2D eigenvalue weighted by atomic mass is 10.3. The lowest BCUT2D eigenvalue weighted by molar-refractivity contribution is 0.388. The first-order chi connectivity index (χ1) is 5.13. The summed E-state index contributed by atoms with van der Waals surface area (Å²) in [6.07, 6.45) is 0. The summed E-state index contributed by atoms with van der Waals surface area (Å²) in [6, 6.07) is 4.47. The van der Waals surface area contributed by atoms with Crippen LogP contribution in [-0.2, 0) is 0 Å². The summed E-state index contributed by atoms with van der Waals surface area (Å²) in [7, 11) is 0. The fraction of sp³-hybridized carbons (Fsp3) is 0.375. The molecule has 0 aliphatic rings. The average molecular weight is 153 g/mol. The van der Waals surface area contributed by atoms with Crippen LogP contribution in [-0.4, -0.2) is 9.67 Å². The molecule has 0 fully saturated rings. The highest BCUT2D eigenvalue weighted by Crippen LogP contribution is 2.10. The van der Waals surface area contributed by atoms with Crippen molar-refractivity contribution in [1.29, 1.82) is 0 Å². The van der Waals surface area contributed by atoms with Gasteiger partial charge in [0.05, 0.1) is 0 Å². The maximum Gasteiger partial charge on any atom is 0.253 e. The van der Waals surface area contributed by atoms with Gasteiger partial charge in [-0.15, -0.1) is 0 Å². The second-order valence-electron chi connectivity index (χ2n) is 2.69. The fourth-order valence-corrected chi connectivity index (χ4v) is 1.01. The van der Waals surface area contributed by atoms with Crippen molar-refractivity contribution in [3.05, 3.63) is 28.6 Å². The maximum absolute atomic E-state index is 11.1. The zero-order valence-electron chi connectivity index (χ0n) is 6.61. The lowest BCUT2D eigenvalue weighted by Crippen LogP contribution is -2.19. The Morgan fingerprint density at radius 3 is 2.45 bits per heavy atom. The van der Waals surface area contributed by atoms with Crippen LogP contribution >= 0.6 is 0 Å². The van der Waals surface area contributed by atoms with E-state index in [2.05, 4.69) is 0 Å². The molecule has 1 N–H and O–H groups in total. The molecule has 0 unspecified atom stereocenters. The molecule has 0 aliphatic heterocycles. The SMILES string of the molecule is CC(C)n1c(O)cccc1=O. The highest BCUT2D eigenvalue weighted by Gasteiger charge is 2.03. The van der Waals surface area contributed by atoms with Crippen molar-refractivity contribution in [1.82, 2.24) is 4.57 Å². The molecular formula is C8H11NO2. The molecule has 0 radical (unpaired) electrons. The van der Waals surface area contributed by atoms with Crippen molar-refractivity contribution < 1.29 is 5.11 Å². The highest BCUT2D eigenvalue weighted by molar-refractivity contribution is 5.11. The predicted molar refractivity (Wildman–Crippen MR) is 42.8 cm³/mol. The van der Waals surface area contributed by atoms with Gasteiger partial charge >= 0.3 is 0 Å². The third-order valence-electron chi connectivity index (χ3n) is 1.48. The second kappa shape index (κ2) is 2.78. The highest BCUT2D eigenvalue weighted by atomic mass is 16.3. The number of pyridine rings is 1. The van der Waals surface area contributed by atoms with Gasteiger partial charge in [-0.1, -0.05) is 6.07 Å². The molecule has 1 rings (SSSR count). The minimum Gasteiger partial charge on any atom is -0.494 e. The lowest BCUT2D eigenvalue weighted by Gasteiger charge is -2.10. The molecule has 11 heavy (non-hydrogen) atoms.